The summed E-state index contributed by atoms with van der Waals surface area (Å²) in [5.74, 6) is 2.09. The summed E-state index contributed by atoms with van der Waals surface area (Å²) in [5, 5.41) is 3.85. The smallest absolute Gasteiger partial charge is 0.264 e. The third-order valence-electron chi connectivity index (χ3n) is 3.45. The van der Waals surface area contributed by atoms with Gasteiger partial charge >= 0.3 is 0 Å². The van der Waals surface area contributed by atoms with E-state index in [-0.39, 0.29) is 6.04 Å². The van der Waals surface area contributed by atoms with Crippen LogP contribution in [0.3, 0.4) is 0 Å². The van der Waals surface area contributed by atoms with Crippen LogP contribution in [0.15, 0.2) is 22.7 Å². The zero-order valence-corrected chi connectivity index (χ0v) is 10.9. The van der Waals surface area contributed by atoms with Gasteiger partial charge in [-0.3, -0.25) is 0 Å². The maximum Gasteiger partial charge on any atom is 0.264 e. The number of aryl methyl sites for hydroxylation is 1. The van der Waals surface area contributed by atoms with Crippen molar-refractivity contribution in [2.75, 3.05) is 0 Å². The van der Waals surface area contributed by atoms with Gasteiger partial charge in [-0.25, -0.2) is 0 Å². The van der Waals surface area contributed by atoms with Gasteiger partial charge in [0, 0.05) is 12.5 Å². The van der Waals surface area contributed by atoms with E-state index >= 15 is 0 Å². The molecule has 2 N–H and O–H groups in total. The molecular formula is C14H17N3O2. The lowest BCUT2D eigenvalue weighted by molar-refractivity contribution is 0.241. The van der Waals surface area contributed by atoms with Crippen molar-refractivity contribution in [2.45, 2.75) is 38.8 Å². The minimum Gasteiger partial charge on any atom is -0.483 e. The van der Waals surface area contributed by atoms with Crippen LogP contribution in [-0.2, 0) is 19.4 Å². The zero-order valence-electron chi connectivity index (χ0n) is 10.9. The molecule has 0 spiro atoms. The third-order valence-corrected chi connectivity index (χ3v) is 3.45. The fourth-order valence-corrected chi connectivity index (χ4v) is 2.42. The van der Waals surface area contributed by atoms with Crippen LogP contribution in [0.1, 0.15) is 42.2 Å². The highest BCUT2D eigenvalue weighted by Crippen LogP contribution is 2.35. The first-order chi connectivity index (χ1) is 9.28. The molecule has 5 heteroatoms. The van der Waals surface area contributed by atoms with E-state index < -0.39 is 0 Å². The summed E-state index contributed by atoms with van der Waals surface area (Å²) in [6.45, 7) is 2.29. The highest BCUT2D eigenvalue weighted by Gasteiger charge is 2.22. The lowest BCUT2D eigenvalue weighted by Gasteiger charge is -2.09. The fraction of sp³-hybridized carbons (Fsp3) is 0.429. The molecule has 100 valence electrons. The maximum atomic E-state index is 6.05. The van der Waals surface area contributed by atoms with Crippen molar-refractivity contribution in [3.8, 4) is 5.75 Å². The van der Waals surface area contributed by atoms with E-state index in [2.05, 4.69) is 16.2 Å². The molecule has 2 aromatic rings. The molecule has 1 heterocycles. The normalized spacial score (nSPS) is 17.5. The average Bonchev–Trinajstić information content (AvgIpc) is 3.04. The van der Waals surface area contributed by atoms with Gasteiger partial charge in [-0.1, -0.05) is 24.2 Å². The number of ether oxygens (including phenoxy) is 1. The standard InChI is InChI=1S/C14H17N3O2/c1-2-13-16-14(19-17-13)8-18-12-5-3-4-9-10(12)6-7-11(9)15/h3-5,11H,2,6-8,15H2,1H3. The second-order valence-electron chi connectivity index (χ2n) is 4.72. The van der Waals surface area contributed by atoms with E-state index in [9.17, 15) is 0 Å². The van der Waals surface area contributed by atoms with Crippen molar-refractivity contribution < 1.29 is 9.26 Å². The fourth-order valence-electron chi connectivity index (χ4n) is 2.42. The molecule has 19 heavy (non-hydrogen) atoms. The molecule has 0 saturated heterocycles. The van der Waals surface area contributed by atoms with Crippen molar-refractivity contribution >= 4 is 0 Å². The summed E-state index contributed by atoms with van der Waals surface area (Å²) < 4.78 is 10.9. The first-order valence-electron chi connectivity index (χ1n) is 6.59. The van der Waals surface area contributed by atoms with E-state index in [1.54, 1.807) is 0 Å². The highest BCUT2D eigenvalue weighted by molar-refractivity contribution is 5.44. The van der Waals surface area contributed by atoms with Gasteiger partial charge in [0.25, 0.3) is 5.89 Å². The number of fused-ring (bicyclic) bond motifs is 1. The molecule has 0 bridgehead atoms. The van der Waals surface area contributed by atoms with Crippen molar-refractivity contribution in [3.63, 3.8) is 0 Å². The van der Waals surface area contributed by atoms with Crippen LogP contribution >= 0.6 is 0 Å². The van der Waals surface area contributed by atoms with E-state index in [0.717, 1.165) is 25.0 Å². The molecule has 0 aliphatic heterocycles. The van der Waals surface area contributed by atoms with Gasteiger partial charge in [-0.2, -0.15) is 4.98 Å². The molecule has 0 radical (unpaired) electrons. The number of rotatable bonds is 4. The molecule has 3 rings (SSSR count). The third kappa shape index (κ3) is 2.33. The summed E-state index contributed by atoms with van der Waals surface area (Å²) in [7, 11) is 0. The molecular weight excluding hydrogens is 242 g/mol. The quantitative estimate of drug-likeness (QED) is 0.910. The Hall–Kier alpha value is -1.88. The predicted octanol–water partition coefficient (Wildman–Crippen LogP) is 2.16. The van der Waals surface area contributed by atoms with E-state index in [4.69, 9.17) is 15.0 Å². The highest BCUT2D eigenvalue weighted by atomic mass is 16.5. The van der Waals surface area contributed by atoms with Crippen LogP contribution in [-0.4, -0.2) is 10.1 Å². The number of nitrogens with two attached hydrogens (primary N) is 1. The lowest BCUT2D eigenvalue weighted by Crippen LogP contribution is -2.05. The van der Waals surface area contributed by atoms with Gasteiger partial charge in [-0.05, 0) is 30.0 Å². The summed E-state index contributed by atoms with van der Waals surface area (Å²) in [5.41, 5.74) is 8.45. The monoisotopic (exact) mass is 259 g/mol. The molecule has 0 fully saturated rings. The van der Waals surface area contributed by atoms with Crippen molar-refractivity contribution in [3.05, 3.63) is 41.0 Å². The average molecular weight is 259 g/mol. The molecule has 1 aliphatic rings. The number of benzene rings is 1. The van der Waals surface area contributed by atoms with Crippen LogP contribution in [0, 0.1) is 0 Å². The number of hydrogen-bond acceptors (Lipinski definition) is 5. The summed E-state index contributed by atoms with van der Waals surface area (Å²) in [6, 6.07) is 6.15. The lowest BCUT2D eigenvalue weighted by atomic mass is 10.1. The van der Waals surface area contributed by atoms with Gasteiger partial charge in [0.1, 0.15) is 5.75 Å². The van der Waals surface area contributed by atoms with Gasteiger partial charge in [-0.15, -0.1) is 0 Å². The Morgan fingerprint density at radius 2 is 2.37 bits per heavy atom. The molecule has 1 aromatic heterocycles. The van der Waals surface area contributed by atoms with Crippen LogP contribution in [0.5, 0.6) is 5.75 Å². The Morgan fingerprint density at radius 1 is 1.47 bits per heavy atom. The molecule has 1 aliphatic carbocycles. The van der Waals surface area contributed by atoms with Crippen LogP contribution < -0.4 is 10.5 Å². The maximum absolute atomic E-state index is 6.05. The van der Waals surface area contributed by atoms with Gasteiger partial charge in [0.15, 0.2) is 12.4 Å². The summed E-state index contributed by atoms with van der Waals surface area (Å²) >= 11 is 0. The molecule has 1 aromatic carbocycles. The van der Waals surface area contributed by atoms with E-state index in [0.29, 0.717) is 18.3 Å². The van der Waals surface area contributed by atoms with E-state index in [1.165, 1.54) is 11.1 Å². The first kappa shape index (κ1) is 12.2. The molecule has 0 amide bonds. The van der Waals surface area contributed by atoms with Crippen LogP contribution in [0.4, 0.5) is 0 Å². The Bertz CT molecular complexity index is 580. The molecule has 5 nitrogen and oxygen atoms in total. The second kappa shape index (κ2) is 5.01. The SMILES string of the molecule is CCc1noc(COc2cccc3c2CCC3N)n1. The van der Waals surface area contributed by atoms with Crippen molar-refractivity contribution in [1.29, 1.82) is 0 Å². The molecule has 1 unspecified atom stereocenters. The Morgan fingerprint density at radius 3 is 3.16 bits per heavy atom. The van der Waals surface area contributed by atoms with Gasteiger partial charge in [0.05, 0.1) is 0 Å². The molecule has 1 atom stereocenters. The minimum atomic E-state index is 0.133. The first-order valence-corrected chi connectivity index (χ1v) is 6.59. The van der Waals surface area contributed by atoms with Gasteiger partial charge < -0.3 is 15.0 Å². The Balaban J connectivity index is 1.74. The van der Waals surface area contributed by atoms with Crippen molar-refractivity contribution in [1.82, 2.24) is 10.1 Å². The van der Waals surface area contributed by atoms with Crippen molar-refractivity contribution in [2.24, 2.45) is 5.73 Å². The van der Waals surface area contributed by atoms with Gasteiger partial charge in [0.2, 0.25) is 0 Å². The summed E-state index contributed by atoms with van der Waals surface area (Å²) in [4.78, 5) is 4.22. The second-order valence-corrected chi connectivity index (χ2v) is 4.72. The summed E-state index contributed by atoms with van der Waals surface area (Å²) in [6.07, 6.45) is 2.71. The molecule has 0 saturated carbocycles. The Labute approximate surface area is 111 Å². The van der Waals surface area contributed by atoms with E-state index in [1.807, 2.05) is 19.1 Å². The zero-order chi connectivity index (χ0) is 13.2. The largest absolute Gasteiger partial charge is 0.483 e. The number of hydrogen-bond donors (Lipinski definition) is 1. The van der Waals surface area contributed by atoms with Crippen LogP contribution in [0.2, 0.25) is 0 Å². The minimum absolute atomic E-state index is 0.133. The van der Waals surface area contributed by atoms with Crippen LogP contribution in [0.25, 0.3) is 0 Å². The topological polar surface area (TPSA) is 74.2 Å². The predicted molar refractivity (Wildman–Crippen MR) is 69.7 cm³/mol. The number of nitrogens with zero attached hydrogens (tertiary/aromatic N) is 2. The Kier molecular flexibility index (Phi) is 3.21. The number of aromatic nitrogens is 2.